The minimum absolute atomic E-state index is 0.0303. The van der Waals surface area contributed by atoms with Crippen LogP contribution in [0.25, 0.3) is 10.8 Å². The van der Waals surface area contributed by atoms with Crippen LogP contribution >= 0.6 is 11.3 Å². The van der Waals surface area contributed by atoms with E-state index in [1.165, 1.54) is 5.56 Å². The van der Waals surface area contributed by atoms with E-state index >= 15 is 0 Å². The molecule has 1 atom stereocenters. The largest absolute Gasteiger partial charge is 0.418 e. The molecule has 2 aromatic heterocycles. The van der Waals surface area contributed by atoms with Gasteiger partial charge in [-0.25, -0.2) is 0 Å². The summed E-state index contributed by atoms with van der Waals surface area (Å²) in [5.74, 6) is 1.25. The van der Waals surface area contributed by atoms with Gasteiger partial charge in [-0.3, -0.25) is 14.6 Å². The molecule has 0 bridgehead atoms. The summed E-state index contributed by atoms with van der Waals surface area (Å²) in [5, 5.41) is 13.5. The fourth-order valence-corrected chi connectivity index (χ4v) is 4.29. The van der Waals surface area contributed by atoms with Gasteiger partial charge in [0.15, 0.2) is 0 Å². The molecule has 0 aliphatic carbocycles. The Morgan fingerprint density at radius 3 is 2.70 bits per heavy atom. The molecule has 1 aliphatic heterocycles. The highest BCUT2D eigenvalue weighted by Gasteiger charge is 2.26. The van der Waals surface area contributed by atoms with Crippen molar-refractivity contribution >= 4 is 22.9 Å². The fraction of sp³-hybridized carbons (Fsp3) is 0.409. The van der Waals surface area contributed by atoms with E-state index in [2.05, 4.69) is 45.2 Å². The maximum Gasteiger partial charge on any atom is 0.257 e. The van der Waals surface area contributed by atoms with Crippen molar-refractivity contribution in [3.05, 3.63) is 52.7 Å². The third kappa shape index (κ3) is 4.61. The van der Waals surface area contributed by atoms with Crippen LogP contribution in [0, 0.1) is 13.8 Å². The summed E-state index contributed by atoms with van der Waals surface area (Å²) in [4.78, 5) is 18.0. The molecule has 30 heavy (non-hydrogen) atoms. The Bertz CT molecular complexity index is 993. The first-order valence-electron chi connectivity index (χ1n) is 10.2. The van der Waals surface area contributed by atoms with Gasteiger partial charge < -0.3 is 9.73 Å². The van der Waals surface area contributed by atoms with Crippen LogP contribution in [0.15, 0.2) is 40.1 Å². The number of aromatic nitrogens is 2. The number of benzene rings is 1. The lowest BCUT2D eigenvalue weighted by molar-refractivity contribution is -0.117. The molecule has 4 rings (SSSR count). The van der Waals surface area contributed by atoms with Crippen molar-refractivity contribution in [3.8, 4) is 10.8 Å². The van der Waals surface area contributed by atoms with Crippen molar-refractivity contribution in [1.29, 1.82) is 0 Å². The van der Waals surface area contributed by atoms with Crippen LogP contribution in [0.4, 0.5) is 5.69 Å². The van der Waals surface area contributed by atoms with Gasteiger partial charge in [0.25, 0.3) is 5.89 Å². The SMILES string of the molecule is Cc1cccc(NC(=O)CN2CCN([C@@H](C)c3nnc(-c4cccs4)o3)CC2)c1C. The minimum atomic E-state index is 0.0303. The normalized spacial score (nSPS) is 16.5. The predicted molar refractivity (Wildman–Crippen MR) is 119 cm³/mol. The van der Waals surface area contributed by atoms with Crippen molar-refractivity contribution in [2.75, 3.05) is 38.0 Å². The van der Waals surface area contributed by atoms with Gasteiger partial charge in [-0.1, -0.05) is 18.2 Å². The highest BCUT2D eigenvalue weighted by molar-refractivity contribution is 7.13. The average molecular weight is 426 g/mol. The first-order chi connectivity index (χ1) is 14.5. The summed E-state index contributed by atoms with van der Waals surface area (Å²) in [6, 6.07) is 9.99. The maximum absolute atomic E-state index is 12.5. The number of hydrogen-bond donors (Lipinski definition) is 1. The molecule has 1 aromatic carbocycles. The third-order valence-corrected chi connectivity index (χ3v) is 6.59. The molecule has 1 amide bonds. The van der Waals surface area contributed by atoms with Gasteiger partial charge in [0, 0.05) is 31.9 Å². The Kier molecular flexibility index (Phi) is 6.26. The lowest BCUT2D eigenvalue weighted by Crippen LogP contribution is -2.49. The van der Waals surface area contributed by atoms with Crippen LogP contribution in [0.5, 0.6) is 0 Å². The van der Waals surface area contributed by atoms with Crippen molar-refractivity contribution in [1.82, 2.24) is 20.0 Å². The average Bonchev–Trinajstić information content (AvgIpc) is 3.43. The second-order valence-corrected chi connectivity index (χ2v) is 8.65. The van der Waals surface area contributed by atoms with Crippen LogP contribution in [0.1, 0.15) is 30.0 Å². The quantitative estimate of drug-likeness (QED) is 0.649. The van der Waals surface area contributed by atoms with Crippen LogP contribution in [0.2, 0.25) is 0 Å². The first-order valence-corrected chi connectivity index (χ1v) is 11.1. The van der Waals surface area contributed by atoms with E-state index in [9.17, 15) is 4.79 Å². The smallest absolute Gasteiger partial charge is 0.257 e. The number of nitrogens with zero attached hydrogens (tertiary/aromatic N) is 4. The second kappa shape index (κ2) is 9.07. The molecule has 7 nitrogen and oxygen atoms in total. The number of carbonyl (C=O) groups excluding carboxylic acids is 1. The highest BCUT2D eigenvalue weighted by atomic mass is 32.1. The van der Waals surface area contributed by atoms with E-state index in [1.807, 2.05) is 36.6 Å². The minimum Gasteiger partial charge on any atom is -0.418 e. The highest BCUT2D eigenvalue weighted by Crippen LogP contribution is 2.27. The second-order valence-electron chi connectivity index (χ2n) is 7.71. The summed E-state index contributed by atoms with van der Waals surface area (Å²) in [6.45, 7) is 9.95. The third-order valence-electron chi connectivity index (χ3n) is 5.73. The van der Waals surface area contributed by atoms with Gasteiger partial charge in [-0.05, 0) is 49.4 Å². The molecule has 158 valence electrons. The molecule has 3 heterocycles. The number of hydrogen-bond acceptors (Lipinski definition) is 7. The van der Waals surface area contributed by atoms with Gasteiger partial charge in [-0.2, -0.15) is 0 Å². The molecule has 0 saturated carbocycles. The molecule has 1 fully saturated rings. The van der Waals surface area contributed by atoms with Gasteiger partial charge >= 0.3 is 0 Å². The molecule has 8 heteroatoms. The number of carbonyl (C=O) groups is 1. The topological polar surface area (TPSA) is 74.5 Å². The zero-order valence-electron chi connectivity index (χ0n) is 17.6. The number of amides is 1. The molecule has 3 aromatic rings. The molecular formula is C22H27N5O2S. The van der Waals surface area contributed by atoms with Crippen molar-refractivity contribution in [2.24, 2.45) is 0 Å². The van der Waals surface area contributed by atoms with Crippen LogP contribution < -0.4 is 5.32 Å². The summed E-state index contributed by atoms with van der Waals surface area (Å²) >= 11 is 1.59. The number of piperazine rings is 1. The van der Waals surface area contributed by atoms with Crippen LogP contribution in [-0.2, 0) is 4.79 Å². The summed E-state index contributed by atoms with van der Waals surface area (Å²) in [7, 11) is 0. The molecular weight excluding hydrogens is 398 g/mol. The van der Waals surface area contributed by atoms with Crippen molar-refractivity contribution in [2.45, 2.75) is 26.8 Å². The van der Waals surface area contributed by atoms with Crippen LogP contribution in [-0.4, -0.2) is 58.6 Å². The van der Waals surface area contributed by atoms with Crippen molar-refractivity contribution < 1.29 is 9.21 Å². The van der Waals surface area contributed by atoms with Gasteiger partial charge in [0.1, 0.15) is 0 Å². The number of nitrogens with one attached hydrogen (secondary N) is 1. The lowest BCUT2D eigenvalue weighted by Gasteiger charge is -2.36. The maximum atomic E-state index is 12.5. The Morgan fingerprint density at radius 1 is 1.17 bits per heavy atom. The van der Waals surface area contributed by atoms with E-state index in [0.29, 0.717) is 18.3 Å². The molecule has 1 N–H and O–H groups in total. The number of aryl methyl sites for hydroxylation is 1. The molecule has 1 saturated heterocycles. The van der Waals surface area contributed by atoms with Gasteiger partial charge in [-0.15, -0.1) is 21.5 Å². The molecule has 1 aliphatic rings. The van der Waals surface area contributed by atoms with Gasteiger partial charge in [0.2, 0.25) is 11.8 Å². The van der Waals surface area contributed by atoms with E-state index < -0.39 is 0 Å². The van der Waals surface area contributed by atoms with Gasteiger partial charge in [0.05, 0.1) is 17.5 Å². The lowest BCUT2D eigenvalue weighted by atomic mass is 10.1. The summed E-state index contributed by atoms with van der Waals surface area (Å²) in [5.41, 5.74) is 3.19. The standard InChI is InChI=1S/C22H27N5O2S/c1-15-6-4-7-18(16(15)2)23-20(28)14-26-9-11-27(12-10-26)17(3)21-24-25-22(29-21)19-8-5-13-30-19/h4-8,13,17H,9-12,14H2,1-3H3,(H,23,28)/t17-/m0/s1. The number of thiophene rings is 1. The molecule has 0 spiro atoms. The summed E-state index contributed by atoms with van der Waals surface area (Å²) < 4.78 is 5.89. The van der Waals surface area contributed by atoms with E-state index in [1.54, 1.807) is 11.3 Å². The monoisotopic (exact) mass is 425 g/mol. The van der Waals surface area contributed by atoms with E-state index in [4.69, 9.17) is 4.42 Å². The van der Waals surface area contributed by atoms with E-state index in [-0.39, 0.29) is 11.9 Å². The predicted octanol–water partition coefficient (Wildman–Crippen LogP) is 3.73. The zero-order chi connectivity index (χ0) is 21.1. The number of anilines is 1. The zero-order valence-corrected chi connectivity index (χ0v) is 18.4. The fourth-order valence-electron chi connectivity index (χ4n) is 3.65. The number of rotatable bonds is 6. The van der Waals surface area contributed by atoms with Crippen LogP contribution in [0.3, 0.4) is 0 Å². The Hall–Kier alpha value is -2.55. The van der Waals surface area contributed by atoms with E-state index in [0.717, 1.165) is 42.3 Å². The molecule has 0 radical (unpaired) electrons. The molecule has 0 unspecified atom stereocenters. The Balaban J connectivity index is 1.28. The first kappa shape index (κ1) is 20.7. The summed E-state index contributed by atoms with van der Waals surface area (Å²) in [6.07, 6.45) is 0. The Labute approximate surface area is 180 Å². The van der Waals surface area contributed by atoms with Crippen molar-refractivity contribution in [3.63, 3.8) is 0 Å². The Morgan fingerprint density at radius 2 is 1.97 bits per heavy atom.